The predicted octanol–water partition coefficient (Wildman–Crippen LogP) is 2.83. The van der Waals surface area contributed by atoms with E-state index in [9.17, 15) is 0 Å². The van der Waals surface area contributed by atoms with Gasteiger partial charge in [0.2, 0.25) is 0 Å². The molecule has 14 heavy (non-hydrogen) atoms. The normalized spacial score (nSPS) is 10.1. The maximum atomic E-state index is 4.22. The minimum Gasteiger partial charge on any atom is -0.240 e. The molecule has 0 amide bonds. The lowest BCUT2D eigenvalue weighted by atomic mass is 10.1. The van der Waals surface area contributed by atoms with E-state index < -0.39 is 0 Å². The van der Waals surface area contributed by atoms with Crippen LogP contribution >= 0.6 is 15.9 Å². The van der Waals surface area contributed by atoms with Crippen molar-refractivity contribution in [2.45, 2.75) is 6.42 Å². The quantitative estimate of drug-likeness (QED) is 0.817. The molecule has 0 atom stereocenters. The lowest BCUT2D eigenvalue weighted by Gasteiger charge is -1.99. The number of halogens is 1. The van der Waals surface area contributed by atoms with Crippen LogP contribution < -0.4 is 0 Å². The van der Waals surface area contributed by atoms with Crippen LogP contribution in [0.5, 0.6) is 0 Å². The fraction of sp³-hybridized carbons (Fsp3) is 0.0909. The van der Waals surface area contributed by atoms with Crippen molar-refractivity contribution in [1.29, 1.82) is 0 Å². The number of benzene rings is 1. The third-order valence-electron chi connectivity index (χ3n) is 1.88. The molecule has 1 heterocycles. The van der Waals surface area contributed by atoms with E-state index in [1.54, 1.807) is 12.4 Å². The molecule has 0 saturated carbocycles. The molecule has 0 aliphatic carbocycles. The van der Waals surface area contributed by atoms with Crippen molar-refractivity contribution in [1.82, 2.24) is 9.97 Å². The molecule has 0 unspecified atom stereocenters. The van der Waals surface area contributed by atoms with Gasteiger partial charge in [-0.15, -0.1) is 0 Å². The van der Waals surface area contributed by atoms with Crippen LogP contribution in [0.3, 0.4) is 0 Å². The maximum absolute atomic E-state index is 4.22. The highest BCUT2D eigenvalue weighted by atomic mass is 79.9. The van der Waals surface area contributed by atoms with Gasteiger partial charge in [-0.1, -0.05) is 30.3 Å². The summed E-state index contributed by atoms with van der Waals surface area (Å²) >= 11 is 3.31. The van der Waals surface area contributed by atoms with Crippen molar-refractivity contribution >= 4 is 15.9 Å². The highest BCUT2D eigenvalue weighted by Gasteiger charge is 1.97. The second-order valence-corrected chi connectivity index (χ2v) is 3.90. The van der Waals surface area contributed by atoms with Crippen molar-refractivity contribution in [2.75, 3.05) is 0 Å². The fourth-order valence-corrected chi connectivity index (χ4v) is 1.41. The van der Waals surface area contributed by atoms with Crippen molar-refractivity contribution < 1.29 is 0 Å². The molecule has 0 spiro atoms. The lowest BCUT2D eigenvalue weighted by molar-refractivity contribution is 0.962. The Morgan fingerprint density at radius 3 is 2.29 bits per heavy atom. The largest absolute Gasteiger partial charge is 0.240 e. The van der Waals surface area contributed by atoms with E-state index in [1.165, 1.54) is 5.56 Å². The van der Waals surface area contributed by atoms with E-state index in [-0.39, 0.29) is 0 Å². The molecule has 2 aromatic rings. The van der Waals surface area contributed by atoms with E-state index in [0.717, 1.165) is 16.7 Å². The predicted molar refractivity (Wildman–Crippen MR) is 59.0 cm³/mol. The Balaban J connectivity index is 2.16. The zero-order valence-electron chi connectivity index (χ0n) is 7.52. The minimum atomic E-state index is 0.786. The van der Waals surface area contributed by atoms with Gasteiger partial charge in [-0.3, -0.25) is 0 Å². The van der Waals surface area contributed by atoms with Gasteiger partial charge in [0.05, 0.1) is 4.47 Å². The third kappa shape index (κ3) is 2.39. The van der Waals surface area contributed by atoms with Gasteiger partial charge in [0, 0.05) is 18.8 Å². The smallest absolute Gasteiger partial charge is 0.132 e. The topological polar surface area (TPSA) is 25.8 Å². The van der Waals surface area contributed by atoms with Gasteiger partial charge < -0.3 is 0 Å². The number of hydrogen-bond donors (Lipinski definition) is 0. The van der Waals surface area contributed by atoms with Crippen LogP contribution in [-0.2, 0) is 6.42 Å². The molecule has 70 valence electrons. The summed E-state index contributed by atoms with van der Waals surface area (Å²) in [6, 6.07) is 10.2. The SMILES string of the molecule is Brc1cnc(Cc2ccccc2)nc1. The molecule has 0 saturated heterocycles. The molecule has 0 radical (unpaired) electrons. The highest BCUT2D eigenvalue weighted by Crippen LogP contribution is 2.08. The van der Waals surface area contributed by atoms with Crippen LogP contribution in [0.1, 0.15) is 11.4 Å². The molecule has 3 heteroatoms. The molecule has 2 rings (SSSR count). The zero-order chi connectivity index (χ0) is 9.80. The molecule has 0 N–H and O–H groups in total. The first-order valence-corrected chi connectivity index (χ1v) is 5.14. The van der Waals surface area contributed by atoms with Gasteiger partial charge in [0.15, 0.2) is 0 Å². The summed E-state index contributed by atoms with van der Waals surface area (Å²) in [5.74, 6) is 0.847. The minimum absolute atomic E-state index is 0.786. The summed E-state index contributed by atoms with van der Waals surface area (Å²) in [7, 11) is 0. The van der Waals surface area contributed by atoms with Crippen molar-refractivity contribution in [2.24, 2.45) is 0 Å². The standard InChI is InChI=1S/C11H9BrN2/c12-10-7-13-11(14-8-10)6-9-4-2-1-3-5-9/h1-5,7-8H,6H2. The Labute approximate surface area is 91.2 Å². The van der Waals surface area contributed by atoms with Crippen LogP contribution in [-0.4, -0.2) is 9.97 Å². The third-order valence-corrected chi connectivity index (χ3v) is 2.29. The number of nitrogens with zero attached hydrogens (tertiary/aromatic N) is 2. The number of rotatable bonds is 2. The zero-order valence-corrected chi connectivity index (χ0v) is 9.11. The molecule has 1 aromatic heterocycles. The Hall–Kier alpha value is -1.22. The van der Waals surface area contributed by atoms with Gasteiger partial charge in [0.25, 0.3) is 0 Å². The van der Waals surface area contributed by atoms with Crippen LogP contribution in [0, 0.1) is 0 Å². The summed E-state index contributed by atoms with van der Waals surface area (Å²) < 4.78 is 0.911. The Morgan fingerprint density at radius 2 is 1.64 bits per heavy atom. The van der Waals surface area contributed by atoms with Crippen molar-refractivity contribution in [3.8, 4) is 0 Å². The molecule has 2 nitrogen and oxygen atoms in total. The van der Waals surface area contributed by atoms with Crippen LogP contribution in [0.25, 0.3) is 0 Å². The first kappa shape index (κ1) is 9.34. The summed E-state index contributed by atoms with van der Waals surface area (Å²) in [4.78, 5) is 8.43. The molecule has 0 aliphatic rings. The molecular weight excluding hydrogens is 240 g/mol. The van der Waals surface area contributed by atoms with Gasteiger partial charge in [-0.2, -0.15) is 0 Å². The summed E-state index contributed by atoms with van der Waals surface area (Å²) in [6.07, 6.45) is 4.32. The van der Waals surface area contributed by atoms with E-state index >= 15 is 0 Å². The Kier molecular flexibility index (Phi) is 2.89. The lowest BCUT2D eigenvalue weighted by Crippen LogP contribution is -1.94. The highest BCUT2D eigenvalue weighted by molar-refractivity contribution is 9.10. The van der Waals surface area contributed by atoms with Gasteiger partial charge in [-0.05, 0) is 21.5 Å². The van der Waals surface area contributed by atoms with Gasteiger partial charge in [-0.25, -0.2) is 9.97 Å². The average Bonchev–Trinajstić information content (AvgIpc) is 2.23. The monoisotopic (exact) mass is 248 g/mol. The van der Waals surface area contributed by atoms with Crippen LogP contribution in [0.15, 0.2) is 47.2 Å². The van der Waals surface area contributed by atoms with E-state index in [4.69, 9.17) is 0 Å². The van der Waals surface area contributed by atoms with Crippen molar-refractivity contribution in [3.05, 3.63) is 58.6 Å². The van der Waals surface area contributed by atoms with E-state index in [0.29, 0.717) is 0 Å². The van der Waals surface area contributed by atoms with E-state index in [2.05, 4.69) is 38.0 Å². The molecule has 0 fully saturated rings. The summed E-state index contributed by atoms with van der Waals surface area (Å²) in [6.45, 7) is 0. The molecular formula is C11H9BrN2. The second kappa shape index (κ2) is 4.33. The van der Waals surface area contributed by atoms with E-state index in [1.807, 2.05) is 18.2 Å². The fourth-order valence-electron chi connectivity index (χ4n) is 1.21. The first-order chi connectivity index (χ1) is 6.84. The number of hydrogen-bond acceptors (Lipinski definition) is 2. The van der Waals surface area contributed by atoms with Gasteiger partial charge >= 0.3 is 0 Å². The Morgan fingerprint density at radius 1 is 1.00 bits per heavy atom. The second-order valence-electron chi connectivity index (χ2n) is 2.98. The van der Waals surface area contributed by atoms with Crippen molar-refractivity contribution in [3.63, 3.8) is 0 Å². The first-order valence-electron chi connectivity index (χ1n) is 4.35. The Bertz CT molecular complexity index is 397. The average molecular weight is 249 g/mol. The van der Waals surface area contributed by atoms with Crippen LogP contribution in [0.2, 0.25) is 0 Å². The molecule has 0 aliphatic heterocycles. The summed E-state index contributed by atoms with van der Waals surface area (Å²) in [5.41, 5.74) is 1.23. The summed E-state index contributed by atoms with van der Waals surface area (Å²) in [5, 5.41) is 0. The molecule has 0 bridgehead atoms. The number of aromatic nitrogens is 2. The van der Waals surface area contributed by atoms with Gasteiger partial charge in [0.1, 0.15) is 5.82 Å². The van der Waals surface area contributed by atoms with Crippen LogP contribution in [0.4, 0.5) is 0 Å². The maximum Gasteiger partial charge on any atom is 0.132 e. The molecule has 1 aromatic carbocycles.